The van der Waals surface area contributed by atoms with E-state index in [0.717, 1.165) is 35.0 Å². The summed E-state index contributed by atoms with van der Waals surface area (Å²) in [6, 6.07) is 7.67. The smallest absolute Gasteiger partial charge is 0.228 e. The zero-order valence-electron chi connectivity index (χ0n) is 15.0. The predicted molar refractivity (Wildman–Crippen MR) is 107 cm³/mol. The van der Waals surface area contributed by atoms with Crippen LogP contribution in [0.2, 0.25) is 5.02 Å². The van der Waals surface area contributed by atoms with Crippen molar-refractivity contribution < 1.29 is 4.79 Å². The van der Waals surface area contributed by atoms with Crippen molar-refractivity contribution in [2.75, 3.05) is 13.1 Å². The van der Waals surface area contributed by atoms with Gasteiger partial charge in [0.1, 0.15) is 0 Å². The summed E-state index contributed by atoms with van der Waals surface area (Å²) in [6.45, 7) is 6.20. The highest BCUT2D eigenvalue weighted by Crippen LogP contribution is 2.26. The average Bonchev–Trinajstić information content (AvgIpc) is 3.16. The average molecular weight is 388 g/mol. The van der Waals surface area contributed by atoms with Crippen molar-refractivity contribution in [1.29, 1.82) is 0 Å². The number of rotatable bonds is 3. The van der Waals surface area contributed by atoms with Crippen LogP contribution in [-0.2, 0) is 11.2 Å². The molecule has 0 N–H and O–H groups in total. The van der Waals surface area contributed by atoms with Gasteiger partial charge in [0.25, 0.3) is 0 Å². The lowest BCUT2D eigenvalue weighted by atomic mass is 9.91. The van der Waals surface area contributed by atoms with E-state index in [0.29, 0.717) is 23.3 Å². The molecule has 1 aliphatic rings. The van der Waals surface area contributed by atoms with Crippen LogP contribution in [0, 0.1) is 11.8 Å². The molecule has 3 aromatic rings. The zero-order chi connectivity index (χ0) is 18.3. The summed E-state index contributed by atoms with van der Waals surface area (Å²) in [5.41, 5.74) is 2.94. The van der Waals surface area contributed by atoms with Crippen LogP contribution in [0.5, 0.6) is 0 Å². The van der Waals surface area contributed by atoms with Gasteiger partial charge in [-0.05, 0) is 30.4 Å². The minimum Gasteiger partial charge on any atom is -0.342 e. The fourth-order valence-electron chi connectivity index (χ4n) is 3.85. The largest absolute Gasteiger partial charge is 0.342 e. The highest BCUT2D eigenvalue weighted by atomic mass is 35.5. The number of aromatic nitrogens is 2. The van der Waals surface area contributed by atoms with Crippen molar-refractivity contribution in [3.63, 3.8) is 0 Å². The Morgan fingerprint density at radius 2 is 1.92 bits per heavy atom. The quantitative estimate of drug-likeness (QED) is 0.649. The first-order chi connectivity index (χ1) is 12.5. The number of piperidine rings is 1. The maximum atomic E-state index is 12.8. The third-order valence-corrected chi connectivity index (χ3v) is 6.12. The Labute approximate surface area is 162 Å². The summed E-state index contributed by atoms with van der Waals surface area (Å²) in [4.78, 5) is 20.4. The SMILES string of the molecule is C[C@@H]1C[C@@H](C)CN(C(=O)Cc2csc3nc(-c4ccc(Cl)cc4)cn23)C1. The molecular formula is C20H22ClN3OS. The predicted octanol–water partition coefficient (Wildman–Crippen LogP) is 4.76. The van der Waals surface area contributed by atoms with E-state index in [2.05, 4.69) is 13.8 Å². The zero-order valence-corrected chi connectivity index (χ0v) is 16.6. The highest BCUT2D eigenvalue weighted by Gasteiger charge is 2.26. The molecule has 4 nitrogen and oxygen atoms in total. The Bertz CT molecular complexity index is 920. The van der Waals surface area contributed by atoms with Crippen molar-refractivity contribution in [2.45, 2.75) is 26.7 Å². The lowest BCUT2D eigenvalue weighted by Crippen LogP contribution is -2.43. The monoisotopic (exact) mass is 387 g/mol. The van der Waals surface area contributed by atoms with Crippen molar-refractivity contribution in [2.24, 2.45) is 11.8 Å². The van der Waals surface area contributed by atoms with Crippen LogP contribution >= 0.6 is 22.9 Å². The number of thiazole rings is 1. The summed E-state index contributed by atoms with van der Waals surface area (Å²) < 4.78 is 2.04. The van der Waals surface area contributed by atoms with Gasteiger partial charge in [0.2, 0.25) is 5.91 Å². The molecule has 0 unspecified atom stereocenters. The minimum atomic E-state index is 0.213. The second-order valence-electron chi connectivity index (χ2n) is 7.43. The van der Waals surface area contributed by atoms with Gasteiger partial charge in [0.05, 0.1) is 12.1 Å². The number of likely N-dealkylation sites (tertiary alicyclic amines) is 1. The molecule has 0 bridgehead atoms. The fourth-order valence-corrected chi connectivity index (χ4v) is 4.85. The molecule has 4 rings (SSSR count). The van der Waals surface area contributed by atoms with E-state index in [1.165, 1.54) is 6.42 Å². The molecule has 0 spiro atoms. The van der Waals surface area contributed by atoms with Gasteiger partial charge in [0.15, 0.2) is 4.96 Å². The highest BCUT2D eigenvalue weighted by molar-refractivity contribution is 7.15. The number of hydrogen-bond donors (Lipinski definition) is 0. The molecule has 1 saturated heterocycles. The first kappa shape index (κ1) is 17.6. The van der Waals surface area contributed by atoms with Crippen LogP contribution in [0.1, 0.15) is 26.0 Å². The van der Waals surface area contributed by atoms with Crippen molar-refractivity contribution in [1.82, 2.24) is 14.3 Å². The summed E-state index contributed by atoms with van der Waals surface area (Å²) in [7, 11) is 0. The molecule has 2 atom stereocenters. The summed E-state index contributed by atoms with van der Waals surface area (Å²) in [5, 5.41) is 2.76. The first-order valence-corrected chi connectivity index (χ1v) is 10.2. The molecule has 2 aromatic heterocycles. The lowest BCUT2D eigenvalue weighted by molar-refractivity contribution is -0.133. The molecule has 1 aromatic carbocycles. The lowest BCUT2D eigenvalue weighted by Gasteiger charge is -2.35. The van der Waals surface area contributed by atoms with Crippen LogP contribution in [0.4, 0.5) is 0 Å². The number of nitrogens with zero attached hydrogens (tertiary/aromatic N) is 3. The van der Waals surface area contributed by atoms with Gasteiger partial charge in [-0.25, -0.2) is 4.98 Å². The Hall–Kier alpha value is -1.85. The summed E-state index contributed by atoms with van der Waals surface area (Å²) >= 11 is 7.55. The van der Waals surface area contributed by atoms with Crippen LogP contribution in [0.25, 0.3) is 16.2 Å². The van der Waals surface area contributed by atoms with Crippen LogP contribution < -0.4 is 0 Å². The Morgan fingerprint density at radius 1 is 1.23 bits per heavy atom. The Kier molecular flexibility index (Phi) is 4.76. The Balaban J connectivity index is 1.55. The molecule has 1 fully saturated rings. The van der Waals surface area contributed by atoms with E-state index in [4.69, 9.17) is 16.6 Å². The second-order valence-corrected chi connectivity index (χ2v) is 8.71. The van der Waals surface area contributed by atoms with Crippen molar-refractivity contribution in [3.05, 3.63) is 46.6 Å². The van der Waals surface area contributed by atoms with E-state index >= 15 is 0 Å². The fraction of sp³-hybridized carbons (Fsp3) is 0.400. The number of amides is 1. The van der Waals surface area contributed by atoms with E-state index < -0.39 is 0 Å². The summed E-state index contributed by atoms with van der Waals surface area (Å²) in [6.07, 6.45) is 3.65. The number of halogens is 1. The van der Waals surface area contributed by atoms with Crippen molar-refractivity contribution >= 4 is 33.8 Å². The standard InChI is InChI=1S/C20H22ClN3OS/c1-13-7-14(2)10-23(9-13)19(25)8-17-12-26-20-22-18(11-24(17)20)15-3-5-16(21)6-4-15/h3-6,11-14H,7-10H2,1-2H3/t13-,14-/m1/s1. The van der Waals surface area contributed by atoms with E-state index in [1.807, 2.05) is 45.1 Å². The van der Waals surface area contributed by atoms with Gasteiger partial charge in [0, 0.05) is 40.9 Å². The van der Waals surface area contributed by atoms with Crippen LogP contribution in [0.3, 0.4) is 0 Å². The third kappa shape index (κ3) is 3.51. The van der Waals surface area contributed by atoms with Crippen LogP contribution in [0.15, 0.2) is 35.8 Å². The molecular weight excluding hydrogens is 366 g/mol. The van der Waals surface area contributed by atoms with Gasteiger partial charge in [-0.1, -0.05) is 37.6 Å². The number of benzene rings is 1. The number of carbonyl (C=O) groups excluding carboxylic acids is 1. The van der Waals surface area contributed by atoms with Gasteiger partial charge < -0.3 is 4.90 Å². The number of fused-ring (bicyclic) bond motifs is 1. The maximum absolute atomic E-state index is 12.8. The van der Waals surface area contributed by atoms with Crippen LogP contribution in [-0.4, -0.2) is 33.3 Å². The van der Waals surface area contributed by atoms with Gasteiger partial charge in [-0.3, -0.25) is 9.20 Å². The second kappa shape index (κ2) is 7.05. The Morgan fingerprint density at radius 3 is 2.62 bits per heavy atom. The van der Waals surface area contributed by atoms with E-state index in [9.17, 15) is 4.79 Å². The summed E-state index contributed by atoms with van der Waals surface area (Å²) in [5.74, 6) is 1.37. The van der Waals surface area contributed by atoms with E-state index in [-0.39, 0.29) is 5.91 Å². The maximum Gasteiger partial charge on any atom is 0.228 e. The van der Waals surface area contributed by atoms with Gasteiger partial charge in [-0.15, -0.1) is 11.3 Å². The number of hydrogen-bond acceptors (Lipinski definition) is 3. The molecule has 0 aliphatic carbocycles. The molecule has 0 saturated carbocycles. The molecule has 3 heterocycles. The molecule has 1 aliphatic heterocycles. The third-order valence-electron chi connectivity index (χ3n) is 4.98. The topological polar surface area (TPSA) is 37.6 Å². The molecule has 0 radical (unpaired) electrons. The van der Waals surface area contributed by atoms with Crippen molar-refractivity contribution in [3.8, 4) is 11.3 Å². The van der Waals surface area contributed by atoms with Gasteiger partial charge in [-0.2, -0.15) is 0 Å². The molecule has 136 valence electrons. The van der Waals surface area contributed by atoms with E-state index in [1.54, 1.807) is 11.3 Å². The first-order valence-electron chi connectivity index (χ1n) is 8.99. The molecule has 26 heavy (non-hydrogen) atoms. The normalized spacial score (nSPS) is 20.7. The molecule has 6 heteroatoms. The molecule has 1 amide bonds. The number of carbonyl (C=O) groups is 1. The van der Waals surface area contributed by atoms with Gasteiger partial charge >= 0.3 is 0 Å². The minimum absolute atomic E-state index is 0.213. The number of imidazole rings is 1.